The minimum absolute atomic E-state index is 0.00428. The molecule has 0 spiro atoms. The summed E-state index contributed by atoms with van der Waals surface area (Å²) in [4.78, 5) is 30.5. The first-order valence-electron chi connectivity index (χ1n) is 14.1. The van der Waals surface area contributed by atoms with Crippen LogP contribution in [0.3, 0.4) is 0 Å². The van der Waals surface area contributed by atoms with Crippen LogP contribution in [0.5, 0.6) is 11.5 Å². The van der Waals surface area contributed by atoms with Crippen molar-refractivity contribution in [1.82, 2.24) is 9.80 Å². The zero-order valence-corrected chi connectivity index (χ0v) is 23.4. The summed E-state index contributed by atoms with van der Waals surface area (Å²) in [6.45, 7) is 7.46. The van der Waals surface area contributed by atoms with Crippen LogP contribution in [0.15, 0.2) is 59.0 Å². The Bertz CT molecular complexity index is 1230. The van der Waals surface area contributed by atoms with Gasteiger partial charge in [0.15, 0.2) is 11.5 Å². The van der Waals surface area contributed by atoms with E-state index in [1.807, 2.05) is 68.4 Å². The first kappa shape index (κ1) is 28.3. The Morgan fingerprint density at radius 2 is 1.56 bits per heavy atom. The lowest BCUT2D eigenvalue weighted by atomic mass is 10.0. The maximum atomic E-state index is 13.7. The molecule has 0 bridgehead atoms. The summed E-state index contributed by atoms with van der Waals surface area (Å²) >= 11 is 0. The molecule has 0 radical (unpaired) electrons. The molecular formula is C32H40N2O5. The molecule has 1 aliphatic heterocycles. The highest BCUT2D eigenvalue weighted by Crippen LogP contribution is 2.33. The quantitative estimate of drug-likeness (QED) is 0.221. The zero-order chi connectivity index (χ0) is 27.6. The molecule has 1 aliphatic rings. The number of nitrogens with zero attached hydrogens (tertiary/aromatic N) is 2. The first-order valence-corrected chi connectivity index (χ1v) is 14.1. The molecule has 0 aliphatic carbocycles. The topological polar surface area (TPSA) is 72.2 Å². The van der Waals surface area contributed by atoms with Gasteiger partial charge in [0.25, 0.3) is 5.91 Å². The van der Waals surface area contributed by atoms with E-state index in [1.165, 1.54) is 24.8 Å². The molecule has 1 aromatic heterocycles. The second-order valence-corrected chi connectivity index (χ2v) is 10.2. The van der Waals surface area contributed by atoms with Crippen LogP contribution in [0.25, 0.3) is 0 Å². The molecule has 0 saturated carbocycles. The lowest BCUT2D eigenvalue weighted by Gasteiger charge is -2.27. The van der Waals surface area contributed by atoms with Crippen LogP contribution >= 0.6 is 0 Å². The van der Waals surface area contributed by atoms with Gasteiger partial charge in [0, 0.05) is 18.7 Å². The molecule has 2 aromatic carbocycles. The van der Waals surface area contributed by atoms with Crippen LogP contribution in [-0.4, -0.2) is 41.5 Å². The number of fused-ring (bicyclic) bond motifs is 1. The number of hydrogen-bond donors (Lipinski definition) is 0. The highest BCUT2D eigenvalue weighted by Gasteiger charge is 2.24. The van der Waals surface area contributed by atoms with E-state index in [1.54, 1.807) is 9.80 Å². The average Bonchev–Trinajstić information content (AvgIpc) is 3.58. The maximum Gasteiger partial charge on any atom is 0.254 e. The normalized spacial score (nSPS) is 12.0. The molecule has 208 valence electrons. The third-order valence-electron chi connectivity index (χ3n) is 6.93. The van der Waals surface area contributed by atoms with E-state index in [9.17, 15) is 9.59 Å². The number of hydrogen-bond acceptors (Lipinski definition) is 5. The van der Waals surface area contributed by atoms with Crippen LogP contribution in [-0.2, 0) is 24.3 Å². The number of benzene rings is 2. The third kappa shape index (κ3) is 7.88. The fourth-order valence-corrected chi connectivity index (χ4v) is 4.79. The molecule has 2 heterocycles. The van der Waals surface area contributed by atoms with Crippen LogP contribution in [0.4, 0.5) is 0 Å². The third-order valence-corrected chi connectivity index (χ3v) is 6.93. The van der Waals surface area contributed by atoms with E-state index in [2.05, 4.69) is 6.92 Å². The monoisotopic (exact) mass is 532 g/mol. The van der Waals surface area contributed by atoms with E-state index < -0.39 is 0 Å². The average molecular weight is 533 g/mol. The second kappa shape index (κ2) is 13.9. The Kier molecular flexibility index (Phi) is 10.1. The predicted octanol–water partition coefficient (Wildman–Crippen LogP) is 6.52. The lowest BCUT2D eigenvalue weighted by Crippen LogP contribution is -2.42. The van der Waals surface area contributed by atoms with Crippen molar-refractivity contribution in [2.45, 2.75) is 72.4 Å². The highest BCUT2D eigenvalue weighted by molar-refractivity contribution is 5.96. The summed E-state index contributed by atoms with van der Waals surface area (Å²) < 4.78 is 16.7. The first-order chi connectivity index (χ1) is 19.0. The van der Waals surface area contributed by atoms with Crippen LogP contribution < -0.4 is 9.47 Å². The van der Waals surface area contributed by atoms with Gasteiger partial charge in [-0.2, -0.15) is 0 Å². The number of carbonyl (C=O) groups excluding carboxylic acids is 2. The van der Waals surface area contributed by atoms with Crippen LogP contribution in [0.2, 0.25) is 0 Å². The molecule has 0 saturated heterocycles. The molecule has 0 atom stereocenters. The highest BCUT2D eigenvalue weighted by atomic mass is 16.7. The van der Waals surface area contributed by atoms with Gasteiger partial charge in [0.1, 0.15) is 18.1 Å². The van der Waals surface area contributed by atoms with Gasteiger partial charge in [-0.15, -0.1) is 0 Å². The maximum absolute atomic E-state index is 13.7. The molecule has 0 N–H and O–H groups in total. The number of aryl methyl sites for hydroxylation is 2. The van der Waals surface area contributed by atoms with E-state index in [-0.39, 0.29) is 25.2 Å². The molecule has 3 aromatic rings. The van der Waals surface area contributed by atoms with Gasteiger partial charge in [-0.3, -0.25) is 9.59 Å². The van der Waals surface area contributed by atoms with E-state index in [0.717, 1.165) is 30.6 Å². The van der Waals surface area contributed by atoms with Gasteiger partial charge in [0.2, 0.25) is 12.7 Å². The van der Waals surface area contributed by atoms with Crippen molar-refractivity contribution >= 4 is 11.8 Å². The second-order valence-electron chi connectivity index (χ2n) is 10.2. The fraction of sp³-hybridized carbons (Fsp3) is 0.438. The Morgan fingerprint density at radius 3 is 2.28 bits per heavy atom. The van der Waals surface area contributed by atoms with Gasteiger partial charge in [-0.1, -0.05) is 51.3 Å². The zero-order valence-electron chi connectivity index (χ0n) is 23.4. The molecule has 0 unspecified atom stereocenters. The Labute approximate surface area is 231 Å². The lowest BCUT2D eigenvalue weighted by molar-refractivity contribution is -0.133. The minimum Gasteiger partial charge on any atom is -0.464 e. The standard InChI is InChI=1S/C32H40N2O5/c1-4-6-7-8-9-25-11-14-27(15-12-25)32(36)33(18-5-2)22-31(35)34(21-28-16-10-24(3)39-28)20-26-13-17-29-30(19-26)38-23-37-29/h10-17,19H,4-9,18,20-23H2,1-3H3. The molecular weight excluding hydrogens is 492 g/mol. The van der Waals surface area contributed by atoms with E-state index in [4.69, 9.17) is 13.9 Å². The summed E-state index contributed by atoms with van der Waals surface area (Å²) in [5, 5.41) is 0. The number of carbonyl (C=O) groups is 2. The molecule has 39 heavy (non-hydrogen) atoms. The molecule has 4 rings (SSSR count). The van der Waals surface area contributed by atoms with Crippen molar-refractivity contribution in [3.05, 3.63) is 82.8 Å². The number of ether oxygens (including phenoxy) is 2. The SMILES string of the molecule is CCCCCCc1ccc(C(=O)N(CCC)CC(=O)N(Cc2ccc3c(c2)OCO3)Cc2ccc(C)o2)cc1. The number of amides is 2. The number of furan rings is 1. The van der Waals surface area contributed by atoms with Crippen molar-refractivity contribution in [1.29, 1.82) is 0 Å². The van der Waals surface area contributed by atoms with Gasteiger partial charge >= 0.3 is 0 Å². The Hall–Kier alpha value is -3.74. The van der Waals surface area contributed by atoms with Crippen molar-refractivity contribution in [2.24, 2.45) is 0 Å². The summed E-state index contributed by atoms with van der Waals surface area (Å²) in [7, 11) is 0. The van der Waals surface area contributed by atoms with Gasteiger partial charge < -0.3 is 23.7 Å². The summed E-state index contributed by atoms with van der Waals surface area (Å²) in [6, 6.07) is 17.3. The van der Waals surface area contributed by atoms with Crippen molar-refractivity contribution in [2.75, 3.05) is 19.9 Å². The summed E-state index contributed by atoms with van der Waals surface area (Å²) in [6.07, 6.45) is 6.63. The van der Waals surface area contributed by atoms with Crippen molar-refractivity contribution < 1.29 is 23.5 Å². The number of unbranched alkanes of at least 4 members (excludes halogenated alkanes) is 3. The molecule has 7 heteroatoms. The predicted molar refractivity (Wildman–Crippen MR) is 151 cm³/mol. The van der Waals surface area contributed by atoms with E-state index >= 15 is 0 Å². The van der Waals surface area contributed by atoms with Crippen LogP contribution in [0, 0.1) is 6.92 Å². The van der Waals surface area contributed by atoms with E-state index in [0.29, 0.717) is 42.5 Å². The summed E-state index contributed by atoms with van der Waals surface area (Å²) in [5.74, 6) is 2.59. The number of rotatable bonds is 14. The Balaban J connectivity index is 1.46. The van der Waals surface area contributed by atoms with Crippen molar-refractivity contribution in [3.8, 4) is 11.5 Å². The smallest absolute Gasteiger partial charge is 0.254 e. The molecule has 0 fully saturated rings. The summed E-state index contributed by atoms with van der Waals surface area (Å²) in [5.41, 5.74) is 2.76. The van der Waals surface area contributed by atoms with Gasteiger partial charge in [-0.25, -0.2) is 0 Å². The fourth-order valence-electron chi connectivity index (χ4n) is 4.79. The molecule has 7 nitrogen and oxygen atoms in total. The van der Waals surface area contributed by atoms with Crippen LogP contribution in [0.1, 0.15) is 79.0 Å². The van der Waals surface area contributed by atoms with Gasteiger partial charge in [0.05, 0.1) is 6.54 Å². The minimum atomic E-state index is -0.143. The van der Waals surface area contributed by atoms with Gasteiger partial charge in [-0.05, 0) is 73.7 Å². The largest absolute Gasteiger partial charge is 0.464 e. The van der Waals surface area contributed by atoms with Crippen molar-refractivity contribution in [3.63, 3.8) is 0 Å². The molecule has 2 amide bonds. The Morgan fingerprint density at radius 1 is 0.795 bits per heavy atom.